The molecule has 7 aromatic carbocycles. The van der Waals surface area contributed by atoms with Crippen molar-refractivity contribution in [3.63, 3.8) is 0 Å². The lowest BCUT2D eigenvalue weighted by Crippen LogP contribution is -2.32. The molecule has 3 heteroatoms. The van der Waals surface area contributed by atoms with Gasteiger partial charge in [0.15, 0.2) is 0 Å². The van der Waals surface area contributed by atoms with Gasteiger partial charge in [-0.15, -0.1) is 0 Å². The fourth-order valence-corrected chi connectivity index (χ4v) is 8.18. The van der Waals surface area contributed by atoms with E-state index < -0.39 is 5.41 Å². The Bertz CT molecular complexity index is 2300. The number of fused-ring (bicyclic) bond motifs is 10. The molecular weight excluding hydrogens is 572 g/mol. The van der Waals surface area contributed by atoms with Crippen LogP contribution in [-0.4, -0.2) is 0 Å². The molecule has 1 unspecified atom stereocenters. The molecule has 7 aromatic rings. The summed E-state index contributed by atoms with van der Waals surface area (Å²) >= 11 is 0. The highest BCUT2D eigenvalue weighted by molar-refractivity contribution is 5.90. The molecule has 1 aliphatic carbocycles. The Morgan fingerprint density at radius 1 is 0.489 bits per heavy atom. The summed E-state index contributed by atoms with van der Waals surface area (Å²) in [6.45, 7) is 0. The van der Waals surface area contributed by atoms with Crippen molar-refractivity contribution in [3.05, 3.63) is 198 Å². The molecule has 10 rings (SSSR count). The first kappa shape index (κ1) is 26.2. The maximum atomic E-state index is 6.68. The van der Waals surface area contributed by atoms with Gasteiger partial charge in [-0.25, -0.2) is 0 Å². The van der Waals surface area contributed by atoms with Gasteiger partial charge in [-0.05, 0) is 81.4 Å². The van der Waals surface area contributed by atoms with E-state index in [1.807, 2.05) is 0 Å². The lowest BCUT2D eigenvalue weighted by molar-refractivity contribution is 0.436. The molecule has 2 heterocycles. The van der Waals surface area contributed by atoms with Gasteiger partial charge < -0.3 is 15.0 Å². The molecule has 3 aliphatic rings. The Kier molecular flexibility index (Phi) is 5.55. The molecule has 0 fully saturated rings. The zero-order chi connectivity index (χ0) is 31.0. The average molecular weight is 603 g/mol. The lowest BCUT2D eigenvalue weighted by atomic mass is 9.66. The van der Waals surface area contributed by atoms with Gasteiger partial charge in [0.05, 0.1) is 16.8 Å². The molecule has 0 radical (unpaired) electrons. The first-order valence-corrected chi connectivity index (χ1v) is 16.2. The topological polar surface area (TPSA) is 24.5 Å². The van der Waals surface area contributed by atoms with Gasteiger partial charge in [0.1, 0.15) is 17.7 Å². The van der Waals surface area contributed by atoms with Gasteiger partial charge in [0.25, 0.3) is 0 Å². The van der Waals surface area contributed by atoms with E-state index in [-0.39, 0.29) is 6.17 Å². The van der Waals surface area contributed by atoms with Crippen molar-refractivity contribution in [2.75, 3.05) is 10.2 Å². The Labute approximate surface area is 274 Å². The second-order valence-electron chi connectivity index (χ2n) is 12.5. The minimum Gasteiger partial charge on any atom is -0.457 e. The van der Waals surface area contributed by atoms with E-state index >= 15 is 0 Å². The molecule has 0 saturated carbocycles. The van der Waals surface area contributed by atoms with Gasteiger partial charge >= 0.3 is 0 Å². The molecule has 0 amide bonds. The van der Waals surface area contributed by atoms with Gasteiger partial charge in [-0.2, -0.15) is 0 Å². The van der Waals surface area contributed by atoms with E-state index in [9.17, 15) is 0 Å². The fourth-order valence-electron chi connectivity index (χ4n) is 8.18. The summed E-state index contributed by atoms with van der Waals surface area (Å²) in [5.74, 6) is 1.81. The largest absolute Gasteiger partial charge is 0.457 e. The SMILES string of the molecule is c1ccc(C2Nc3ccccc3N2c2cccc(-c3ccc4c(c3)C3(c5ccccc5O4)c4ccccc4-c4ccccc43)c2)cc1. The molecular formula is C44H30N2O. The number of ether oxygens (including phenoxy) is 1. The van der Waals surface area contributed by atoms with Crippen molar-refractivity contribution in [1.82, 2.24) is 0 Å². The van der Waals surface area contributed by atoms with Crippen molar-refractivity contribution < 1.29 is 4.74 Å². The highest BCUT2D eigenvalue weighted by atomic mass is 16.5. The predicted molar refractivity (Wildman–Crippen MR) is 191 cm³/mol. The summed E-state index contributed by atoms with van der Waals surface area (Å²) < 4.78 is 6.68. The second kappa shape index (κ2) is 9.97. The van der Waals surface area contributed by atoms with E-state index in [0.29, 0.717) is 0 Å². The number of para-hydroxylation sites is 3. The molecule has 47 heavy (non-hydrogen) atoms. The second-order valence-corrected chi connectivity index (χ2v) is 12.5. The van der Waals surface area contributed by atoms with Crippen LogP contribution in [0, 0.1) is 0 Å². The Balaban J connectivity index is 1.16. The van der Waals surface area contributed by atoms with Crippen LogP contribution in [-0.2, 0) is 5.41 Å². The third-order valence-corrected chi connectivity index (χ3v) is 10.1. The van der Waals surface area contributed by atoms with Crippen LogP contribution >= 0.6 is 0 Å². The summed E-state index contributed by atoms with van der Waals surface area (Å²) in [6.07, 6.45) is -0.00736. The number of rotatable bonds is 3. The quantitative estimate of drug-likeness (QED) is 0.218. The minimum atomic E-state index is -0.485. The highest BCUT2D eigenvalue weighted by Gasteiger charge is 2.51. The Hall–Kier alpha value is -6.06. The summed E-state index contributed by atoms with van der Waals surface area (Å²) in [6, 6.07) is 61.2. The van der Waals surface area contributed by atoms with Gasteiger partial charge in [-0.3, -0.25) is 0 Å². The van der Waals surface area contributed by atoms with E-state index in [4.69, 9.17) is 4.74 Å². The molecule has 3 nitrogen and oxygen atoms in total. The van der Waals surface area contributed by atoms with Crippen LogP contribution in [0.3, 0.4) is 0 Å². The molecule has 222 valence electrons. The van der Waals surface area contributed by atoms with Crippen LogP contribution in [0.15, 0.2) is 170 Å². The zero-order valence-electron chi connectivity index (χ0n) is 25.6. The standard InChI is InChI=1S/C44H30N2O/c1-2-13-29(14-3-1)43-45-39-22-9-10-23-40(39)46(43)32-16-12-15-30(27-32)31-25-26-42-38(28-31)44(37-21-8-11-24-41(37)47-42)35-19-6-4-17-33(35)34-18-5-7-20-36(34)44/h1-28,43,45H. The first-order valence-electron chi connectivity index (χ1n) is 16.2. The normalized spacial score (nSPS) is 15.9. The molecule has 0 aromatic heterocycles. The Morgan fingerprint density at radius 3 is 1.94 bits per heavy atom. The highest BCUT2D eigenvalue weighted by Crippen LogP contribution is 2.62. The van der Waals surface area contributed by atoms with Crippen LogP contribution in [0.2, 0.25) is 0 Å². The first-order chi connectivity index (χ1) is 23.3. The smallest absolute Gasteiger partial charge is 0.132 e. The maximum absolute atomic E-state index is 6.68. The number of benzene rings is 7. The van der Waals surface area contributed by atoms with Crippen LogP contribution < -0.4 is 15.0 Å². The van der Waals surface area contributed by atoms with Crippen LogP contribution in [0.5, 0.6) is 11.5 Å². The van der Waals surface area contributed by atoms with E-state index in [1.54, 1.807) is 0 Å². The monoisotopic (exact) mass is 602 g/mol. The van der Waals surface area contributed by atoms with Crippen LogP contribution in [0.25, 0.3) is 22.3 Å². The van der Waals surface area contributed by atoms with Gasteiger partial charge in [-0.1, -0.05) is 127 Å². The van der Waals surface area contributed by atoms with Crippen molar-refractivity contribution >= 4 is 17.1 Å². The van der Waals surface area contributed by atoms with Gasteiger partial charge in [0, 0.05) is 16.8 Å². The van der Waals surface area contributed by atoms with Crippen molar-refractivity contribution in [3.8, 4) is 33.8 Å². The number of nitrogens with one attached hydrogen (secondary N) is 1. The third-order valence-electron chi connectivity index (χ3n) is 10.1. The maximum Gasteiger partial charge on any atom is 0.132 e. The lowest BCUT2D eigenvalue weighted by Gasteiger charge is -2.39. The summed E-state index contributed by atoms with van der Waals surface area (Å²) in [5.41, 5.74) is 14.0. The molecule has 0 bridgehead atoms. The number of nitrogens with zero attached hydrogens (tertiary/aromatic N) is 1. The molecule has 2 aliphatic heterocycles. The van der Waals surface area contributed by atoms with Gasteiger partial charge in [0.2, 0.25) is 0 Å². The molecule has 1 N–H and O–H groups in total. The average Bonchev–Trinajstić information content (AvgIpc) is 3.67. The van der Waals surface area contributed by atoms with E-state index in [0.717, 1.165) is 34.0 Å². The van der Waals surface area contributed by atoms with Crippen molar-refractivity contribution in [1.29, 1.82) is 0 Å². The van der Waals surface area contributed by atoms with E-state index in [1.165, 1.54) is 44.6 Å². The summed E-state index contributed by atoms with van der Waals surface area (Å²) in [7, 11) is 0. The van der Waals surface area contributed by atoms with Crippen LogP contribution in [0.1, 0.15) is 34.0 Å². The Morgan fingerprint density at radius 2 is 1.13 bits per heavy atom. The summed E-state index contributed by atoms with van der Waals surface area (Å²) in [5, 5.41) is 3.77. The number of hydrogen-bond donors (Lipinski definition) is 1. The van der Waals surface area contributed by atoms with Crippen LogP contribution in [0.4, 0.5) is 17.1 Å². The third kappa shape index (κ3) is 3.68. The van der Waals surface area contributed by atoms with Crippen molar-refractivity contribution in [2.45, 2.75) is 11.6 Å². The minimum absolute atomic E-state index is 0.00736. The van der Waals surface area contributed by atoms with Crippen molar-refractivity contribution in [2.24, 2.45) is 0 Å². The number of anilines is 3. The fraction of sp³-hybridized carbons (Fsp3) is 0.0455. The van der Waals surface area contributed by atoms with E-state index in [2.05, 4.69) is 180 Å². The molecule has 1 spiro atoms. The zero-order valence-corrected chi connectivity index (χ0v) is 25.6. The predicted octanol–water partition coefficient (Wildman–Crippen LogP) is 11.1. The summed E-state index contributed by atoms with van der Waals surface area (Å²) in [4.78, 5) is 2.41. The molecule has 0 saturated heterocycles. The molecule has 1 atom stereocenters. The number of hydrogen-bond acceptors (Lipinski definition) is 3.